The van der Waals surface area contributed by atoms with Crippen molar-refractivity contribution in [3.63, 3.8) is 0 Å². The van der Waals surface area contributed by atoms with Gasteiger partial charge in [0.2, 0.25) is 5.88 Å². The highest BCUT2D eigenvalue weighted by Gasteiger charge is 2.46. The summed E-state index contributed by atoms with van der Waals surface area (Å²) in [6.45, 7) is 4.37. The molecule has 0 radical (unpaired) electrons. The van der Waals surface area contributed by atoms with E-state index in [1.807, 2.05) is 6.07 Å². The van der Waals surface area contributed by atoms with E-state index in [0.717, 1.165) is 24.1 Å². The lowest BCUT2D eigenvalue weighted by Crippen LogP contribution is -2.43. The van der Waals surface area contributed by atoms with E-state index >= 15 is 0 Å². The Hall–Kier alpha value is -1.61. The first-order chi connectivity index (χ1) is 9.64. The molecule has 0 spiro atoms. The van der Waals surface area contributed by atoms with Crippen LogP contribution < -0.4 is 4.74 Å². The Morgan fingerprint density at radius 2 is 2.30 bits per heavy atom. The molecule has 20 heavy (non-hydrogen) atoms. The fourth-order valence-corrected chi connectivity index (χ4v) is 3.96. The van der Waals surface area contributed by atoms with Gasteiger partial charge < -0.3 is 9.84 Å². The molecule has 0 amide bonds. The molecule has 0 aliphatic heterocycles. The molecule has 1 aromatic rings. The summed E-state index contributed by atoms with van der Waals surface area (Å²) >= 11 is 0. The van der Waals surface area contributed by atoms with Crippen molar-refractivity contribution in [1.29, 1.82) is 0 Å². The SMILES string of the molecule is C/C=C1\[C@@H]2C=C(C)C[C@]1(CO)c1ccc(OC)nc1C2. The van der Waals surface area contributed by atoms with Crippen molar-refractivity contribution in [3.05, 3.63) is 46.7 Å². The average molecular weight is 271 g/mol. The average Bonchev–Trinajstić information content (AvgIpc) is 2.45. The first-order valence-corrected chi connectivity index (χ1v) is 7.14. The minimum Gasteiger partial charge on any atom is -0.481 e. The molecule has 1 N–H and O–H groups in total. The van der Waals surface area contributed by atoms with Gasteiger partial charge in [-0.2, -0.15) is 0 Å². The Morgan fingerprint density at radius 3 is 2.95 bits per heavy atom. The summed E-state index contributed by atoms with van der Waals surface area (Å²) < 4.78 is 5.24. The molecular weight excluding hydrogens is 250 g/mol. The summed E-state index contributed by atoms with van der Waals surface area (Å²) in [5.74, 6) is 1.01. The molecule has 0 saturated heterocycles. The zero-order valence-corrected chi connectivity index (χ0v) is 12.3. The fourth-order valence-electron chi connectivity index (χ4n) is 3.96. The zero-order valence-electron chi connectivity index (χ0n) is 12.3. The summed E-state index contributed by atoms with van der Waals surface area (Å²) in [4.78, 5) is 4.61. The molecule has 1 heterocycles. The lowest BCUT2D eigenvalue weighted by atomic mass is 9.58. The van der Waals surface area contributed by atoms with Crippen LogP contribution >= 0.6 is 0 Å². The fraction of sp³-hybridized carbons (Fsp3) is 0.471. The molecule has 0 aromatic carbocycles. The number of aromatic nitrogens is 1. The van der Waals surface area contributed by atoms with Crippen molar-refractivity contribution in [3.8, 4) is 5.88 Å². The molecule has 2 bridgehead atoms. The highest BCUT2D eigenvalue weighted by molar-refractivity contribution is 5.51. The molecule has 0 saturated carbocycles. The van der Waals surface area contributed by atoms with Gasteiger partial charge >= 0.3 is 0 Å². The van der Waals surface area contributed by atoms with E-state index < -0.39 is 0 Å². The van der Waals surface area contributed by atoms with Crippen molar-refractivity contribution in [2.75, 3.05) is 13.7 Å². The number of aliphatic hydroxyl groups excluding tert-OH is 1. The van der Waals surface area contributed by atoms with E-state index in [4.69, 9.17) is 4.74 Å². The maximum Gasteiger partial charge on any atom is 0.213 e. The molecule has 0 fully saturated rings. The van der Waals surface area contributed by atoms with Gasteiger partial charge in [0, 0.05) is 29.5 Å². The lowest BCUT2D eigenvalue weighted by molar-refractivity contribution is 0.196. The number of fused-ring (bicyclic) bond motifs is 4. The highest BCUT2D eigenvalue weighted by Crippen LogP contribution is 2.51. The standard InChI is InChI=1S/C17H21NO2/c1-4-13-12-7-11(2)9-17(13,10-19)14-5-6-16(20-3)18-15(14)8-12/h4-7,12,19H,8-10H2,1-3H3/b13-4+/t12-,17-/m1/s1. The second-order valence-electron chi connectivity index (χ2n) is 5.83. The first-order valence-electron chi connectivity index (χ1n) is 7.14. The lowest BCUT2D eigenvalue weighted by Gasteiger charge is -2.46. The molecule has 3 heteroatoms. The molecule has 2 aliphatic rings. The Morgan fingerprint density at radius 1 is 1.50 bits per heavy atom. The third-order valence-corrected chi connectivity index (χ3v) is 4.69. The summed E-state index contributed by atoms with van der Waals surface area (Å²) in [7, 11) is 1.64. The topological polar surface area (TPSA) is 42.4 Å². The molecule has 0 unspecified atom stereocenters. The van der Waals surface area contributed by atoms with Crippen LogP contribution in [0.25, 0.3) is 0 Å². The van der Waals surface area contributed by atoms with E-state index in [9.17, 15) is 5.11 Å². The molecule has 2 atom stereocenters. The van der Waals surface area contributed by atoms with Crippen LogP contribution in [0.5, 0.6) is 5.88 Å². The van der Waals surface area contributed by atoms with Crippen LogP contribution in [-0.2, 0) is 11.8 Å². The second-order valence-corrected chi connectivity index (χ2v) is 5.83. The van der Waals surface area contributed by atoms with E-state index in [-0.39, 0.29) is 12.0 Å². The van der Waals surface area contributed by atoms with Gasteiger partial charge in [-0.15, -0.1) is 0 Å². The van der Waals surface area contributed by atoms with Crippen LogP contribution in [0.15, 0.2) is 35.4 Å². The van der Waals surface area contributed by atoms with E-state index in [1.165, 1.54) is 11.1 Å². The quantitative estimate of drug-likeness (QED) is 0.841. The molecule has 3 rings (SSSR count). The van der Waals surface area contributed by atoms with Gasteiger partial charge in [0.05, 0.1) is 13.7 Å². The maximum atomic E-state index is 10.2. The summed E-state index contributed by atoms with van der Waals surface area (Å²) in [5, 5.41) is 10.2. The van der Waals surface area contributed by atoms with Crippen molar-refractivity contribution >= 4 is 0 Å². The van der Waals surface area contributed by atoms with Gasteiger partial charge in [0.15, 0.2) is 0 Å². The minimum atomic E-state index is -0.287. The number of aliphatic hydroxyl groups is 1. The van der Waals surface area contributed by atoms with Gasteiger partial charge in [-0.05, 0) is 25.8 Å². The number of pyridine rings is 1. The number of nitrogens with zero attached hydrogens (tertiary/aromatic N) is 1. The van der Waals surface area contributed by atoms with Crippen LogP contribution in [0.1, 0.15) is 31.5 Å². The maximum absolute atomic E-state index is 10.2. The van der Waals surface area contributed by atoms with Crippen molar-refractivity contribution in [2.45, 2.75) is 32.1 Å². The number of rotatable bonds is 2. The predicted molar refractivity (Wildman–Crippen MR) is 78.9 cm³/mol. The summed E-state index contributed by atoms with van der Waals surface area (Å²) in [6.07, 6.45) is 6.27. The van der Waals surface area contributed by atoms with Gasteiger partial charge in [-0.25, -0.2) is 4.98 Å². The van der Waals surface area contributed by atoms with Crippen LogP contribution in [0, 0.1) is 5.92 Å². The van der Waals surface area contributed by atoms with Crippen LogP contribution in [0.2, 0.25) is 0 Å². The summed E-state index contributed by atoms with van der Waals surface area (Å²) in [6, 6.07) is 3.98. The summed E-state index contributed by atoms with van der Waals surface area (Å²) in [5.41, 5.74) is 4.64. The van der Waals surface area contributed by atoms with Gasteiger partial charge in [-0.3, -0.25) is 0 Å². The smallest absolute Gasteiger partial charge is 0.213 e. The van der Waals surface area contributed by atoms with Crippen LogP contribution in [-0.4, -0.2) is 23.8 Å². The molecule has 3 nitrogen and oxygen atoms in total. The van der Waals surface area contributed by atoms with Gasteiger partial charge in [-0.1, -0.05) is 29.4 Å². The Bertz CT molecular complexity index is 603. The zero-order chi connectivity index (χ0) is 14.3. The Kier molecular flexibility index (Phi) is 3.17. The Balaban J connectivity index is 2.23. The van der Waals surface area contributed by atoms with Crippen molar-refractivity contribution < 1.29 is 9.84 Å². The third-order valence-electron chi connectivity index (χ3n) is 4.69. The monoisotopic (exact) mass is 271 g/mol. The first kappa shape index (κ1) is 13.4. The van der Waals surface area contributed by atoms with Gasteiger partial charge in [0.25, 0.3) is 0 Å². The number of allylic oxidation sites excluding steroid dienone is 3. The van der Waals surface area contributed by atoms with Crippen molar-refractivity contribution in [1.82, 2.24) is 4.98 Å². The number of methoxy groups -OCH3 is 1. The molecule has 106 valence electrons. The molecule has 2 aliphatic carbocycles. The number of ether oxygens (including phenoxy) is 1. The van der Waals surface area contributed by atoms with Crippen LogP contribution in [0.3, 0.4) is 0 Å². The number of hydrogen-bond acceptors (Lipinski definition) is 3. The van der Waals surface area contributed by atoms with E-state index in [2.05, 4.69) is 37.0 Å². The normalized spacial score (nSPS) is 29.9. The minimum absolute atomic E-state index is 0.134. The van der Waals surface area contributed by atoms with E-state index in [0.29, 0.717) is 11.8 Å². The van der Waals surface area contributed by atoms with E-state index in [1.54, 1.807) is 7.11 Å². The van der Waals surface area contributed by atoms with Crippen LogP contribution in [0.4, 0.5) is 0 Å². The predicted octanol–water partition coefficient (Wildman–Crippen LogP) is 2.79. The van der Waals surface area contributed by atoms with Crippen molar-refractivity contribution in [2.24, 2.45) is 5.92 Å². The number of hydrogen-bond donors (Lipinski definition) is 1. The van der Waals surface area contributed by atoms with Gasteiger partial charge in [0.1, 0.15) is 0 Å². The largest absolute Gasteiger partial charge is 0.481 e. The Labute approximate surface area is 120 Å². The molecule has 1 aromatic heterocycles. The third kappa shape index (κ3) is 1.73. The second kappa shape index (κ2) is 4.74. The molecular formula is C17H21NO2. The highest BCUT2D eigenvalue weighted by atomic mass is 16.5.